The molecule has 0 fully saturated rings. The van der Waals surface area contributed by atoms with Crippen LogP contribution in [0.2, 0.25) is 0 Å². The zero-order valence-electron chi connectivity index (χ0n) is 20.7. The Balaban J connectivity index is 1.47. The summed E-state index contributed by atoms with van der Waals surface area (Å²) >= 11 is 1.53. The number of ether oxygens (including phenoxy) is 1. The van der Waals surface area contributed by atoms with Crippen LogP contribution < -0.4 is 14.4 Å². The van der Waals surface area contributed by atoms with Crippen molar-refractivity contribution in [1.82, 2.24) is 0 Å². The molecule has 4 aromatic rings. The van der Waals surface area contributed by atoms with E-state index in [-0.39, 0.29) is 11.4 Å². The van der Waals surface area contributed by atoms with Crippen LogP contribution in [0.1, 0.15) is 18.1 Å². The smallest absolute Gasteiger partial charge is 0.264 e. The monoisotopic (exact) mass is 532 g/mol. The summed E-state index contributed by atoms with van der Waals surface area (Å²) in [6.07, 6.45) is 3.91. The van der Waals surface area contributed by atoms with Crippen LogP contribution in [0.5, 0.6) is 5.75 Å². The van der Waals surface area contributed by atoms with E-state index >= 15 is 0 Å². The number of anilines is 2. The minimum atomic E-state index is -4.02. The molecule has 0 radical (unpaired) electrons. The number of nitrogens with one attached hydrogen (secondary N) is 1. The number of carbonyl (C=O) groups excluding carboxylic acids is 1. The number of nitrogens with zero attached hydrogens (tertiary/aromatic N) is 1. The number of rotatable bonds is 9. The molecule has 0 unspecified atom stereocenters. The Kier molecular flexibility index (Phi) is 7.13. The molecule has 6 nitrogen and oxygen atoms in total. The van der Waals surface area contributed by atoms with E-state index in [1.807, 2.05) is 37.4 Å². The minimum absolute atomic E-state index is 0.123. The predicted molar refractivity (Wildman–Crippen MR) is 150 cm³/mol. The van der Waals surface area contributed by atoms with E-state index < -0.39 is 15.9 Å². The zero-order chi connectivity index (χ0) is 26.0. The van der Waals surface area contributed by atoms with Gasteiger partial charge in [0.2, 0.25) is 5.91 Å². The number of hydrogen-bond donors (Lipinski definition) is 1. The van der Waals surface area contributed by atoms with Crippen LogP contribution >= 0.6 is 11.8 Å². The average molecular weight is 533 g/mol. The second kappa shape index (κ2) is 10.5. The maximum absolute atomic E-state index is 13.7. The van der Waals surface area contributed by atoms with Crippen molar-refractivity contribution in [1.29, 1.82) is 0 Å². The van der Waals surface area contributed by atoms with Gasteiger partial charge in [-0.3, -0.25) is 9.10 Å². The van der Waals surface area contributed by atoms with Gasteiger partial charge in [0, 0.05) is 16.0 Å². The lowest BCUT2D eigenvalue weighted by atomic mass is 10.0. The van der Waals surface area contributed by atoms with Crippen LogP contribution in [0.15, 0.2) is 88.7 Å². The quantitative estimate of drug-likeness (QED) is 0.272. The van der Waals surface area contributed by atoms with E-state index in [4.69, 9.17) is 4.74 Å². The van der Waals surface area contributed by atoms with Crippen LogP contribution in [0.3, 0.4) is 0 Å². The molecule has 0 aromatic heterocycles. The standard InChI is InChI=1S/C29H28N2O4S2/c1-3-35-23-12-10-22(11-13-23)31(37(33,34)25-16-14-24(36-2)15-17-25)19-28(32)30-27-18-9-21-8-7-20-5-4-6-26(27)29(20)21/h4-6,9-18H,3,7-8,19H2,1-2H3,(H,30,32). The number of sulfonamides is 1. The first kappa shape index (κ1) is 25.2. The van der Waals surface area contributed by atoms with E-state index in [1.54, 1.807) is 48.5 Å². The summed E-state index contributed by atoms with van der Waals surface area (Å²) in [5.41, 5.74) is 3.61. The molecule has 1 aliphatic rings. The summed E-state index contributed by atoms with van der Waals surface area (Å²) in [6, 6.07) is 23.5. The molecule has 0 atom stereocenters. The van der Waals surface area contributed by atoms with Crippen molar-refractivity contribution in [3.05, 3.63) is 90.0 Å². The van der Waals surface area contributed by atoms with E-state index in [0.717, 1.165) is 27.4 Å². The van der Waals surface area contributed by atoms with E-state index in [1.165, 1.54) is 28.3 Å². The van der Waals surface area contributed by atoms with Crippen molar-refractivity contribution in [2.45, 2.75) is 29.6 Å². The lowest BCUT2D eigenvalue weighted by Gasteiger charge is -2.24. The summed E-state index contributed by atoms with van der Waals surface area (Å²) in [6.45, 7) is 2.01. The van der Waals surface area contributed by atoms with Crippen molar-refractivity contribution in [2.75, 3.05) is 29.0 Å². The lowest BCUT2D eigenvalue weighted by Crippen LogP contribution is -2.38. The summed E-state index contributed by atoms with van der Waals surface area (Å²) in [5, 5.41) is 5.13. The van der Waals surface area contributed by atoms with Crippen molar-refractivity contribution < 1.29 is 17.9 Å². The highest BCUT2D eigenvalue weighted by Crippen LogP contribution is 2.35. The van der Waals surface area contributed by atoms with Crippen LogP contribution in [0, 0.1) is 0 Å². The molecule has 1 N–H and O–H groups in total. The fourth-order valence-electron chi connectivity index (χ4n) is 4.74. The fraction of sp³-hybridized carbons (Fsp3) is 0.207. The number of benzene rings is 4. The van der Waals surface area contributed by atoms with Gasteiger partial charge in [0.15, 0.2) is 0 Å². The molecule has 0 heterocycles. The van der Waals surface area contributed by atoms with Gasteiger partial charge in [0.05, 0.1) is 17.2 Å². The van der Waals surface area contributed by atoms with Crippen molar-refractivity contribution in [3.8, 4) is 5.75 Å². The van der Waals surface area contributed by atoms with Crippen molar-refractivity contribution in [3.63, 3.8) is 0 Å². The fourth-order valence-corrected chi connectivity index (χ4v) is 6.57. The highest BCUT2D eigenvalue weighted by Gasteiger charge is 2.28. The molecule has 8 heteroatoms. The molecular formula is C29H28N2O4S2. The first-order chi connectivity index (χ1) is 17.9. The Morgan fingerprint density at radius 1 is 0.946 bits per heavy atom. The van der Waals surface area contributed by atoms with Crippen LogP contribution in [0.25, 0.3) is 10.8 Å². The van der Waals surface area contributed by atoms with Gasteiger partial charge in [0.1, 0.15) is 12.3 Å². The molecule has 4 aromatic carbocycles. The maximum atomic E-state index is 13.7. The third kappa shape index (κ3) is 5.04. The highest BCUT2D eigenvalue weighted by molar-refractivity contribution is 7.98. The third-order valence-corrected chi connectivity index (χ3v) is 9.05. The molecular weight excluding hydrogens is 504 g/mol. The normalized spacial score (nSPS) is 12.5. The van der Waals surface area contributed by atoms with Gasteiger partial charge in [0.25, 0.3) is 10.0 Å². The molecule has 37 heavy (non-hydrogen) atoms. The first-order valence-corrected chi connectivity index (χ1v) is 14.8. The van der Waals surface area contributed by atoms with Crippen molar-refractivity contribution in [2.24, 2.45) is 0 Å². The van der Waals surface area contributed by atoms with Gasteiger partial charge >= 0.3 is 0 Å². The topological polar surface area (TPSA) is 75.7 Å². The van der Waals surface area contributed by atoms with Gasteiger partial charge in [-0.1, -0.05) is 24.3 Å². The van der Waals surface area contributed by atoms with E-state index in [0.29, 0.717) is 23.7 Å². The molecule has 1 aliphatic carbocycles. The average Bonchev–Trinajstić information content (AvgIpc) is 3.34. The second-order valence-electron chi connectivity index (χ2n) is 8.77. The molecule has 0 aliphatic heterocycles. The number of aryl methyl sites for hydroxylation is 2. The number of carbonyl (C=O) groups is 1. The van der Waals surface area contributed by atoms with Gasteiger partial charge in [-0.05, 0) is 97.1 Å². The largest absolute Gasteiger partial charge is 0.494 e. The van der Waals surface area contributed by atoms with Gasteiger partial charge in [-0.25, -0.2) is 8.42 Å². The van der Waals surface area contributed by atoms with E-state index in [9.17, 15) is 13.2 Å². The first-order valence-electron chi connectivity index (χ1n) is 12.1. The number of amides is 1. The SMILES string of the molecule is CCOc1ccc(N(CC(=O)Nc2ccc3c4c(cccc24)CC3)S(=O)(=O)c2ccc(SC)cc2)cc1. The predicted octanol–water partition coefficient (Wildman–Crippen LogP) is 5.89. The number of thioether (sulfide) groups is 1. The lowest BCUT2D eigenvalue weighted by molar-refractivity contribution is -0.114. The summed E-state index contributed by atoms with van der Waals surface area (Å²) < 4.78 is 34.2. The maximum Gasteiger partial charge on any atom is 0.264 e. The van der Waals surface area contributed by atoms with Crippen LogP contribution in [-0.2, 0) is 27.7 Å². The minimum Gasteiger partial charge on any atom is -0.494 e. The Hall–Kier alpha value is -3.49. The molecule has 1 amide bonds. The molecule has 0 spiro atoms. The summed E-state index contributed by atoms with van der Waals surface area (Å²) in [5.74, 6) is 0.210. The van der Waals surface area contributed by atoms with Crippen LogP contribution in [-0.4, -0.2) is 33.7 Å². The Bertz CT molecular complexity index is 1540. The molecule has 5 rings (SSSR count). The van der Waals surface area contributed by atoms with E-state index in [2.05, 4.69) is 11.4 Å². The molecule has 0 saturated carbocycles. The summed E-state index contributed by atoms with van der Waals surface area (Å²) in [7, 11) is -4.02. The zero-order valence-corrected chi connectivity index (χ0v) is 22.4. The second-order valence-corrected chi connectivity index (χ2v) is 11.5. The Morgan fingerprint density at radius 3 is 2.32 bits per heavy atom. The van der Waals surface area contributed by atoms with Gasteiger partial charge in [-0.2, -0.15) is 0 Å². The number of hydrogen-bond acceptors (Lipinski definition) is 5. The molecule has 190 valence electrons. The summed E-state index contributed by atoms with van der Waals surface area (Å²) in [4.78, 5) is 14.4. The van der Waals surface area contributed by atoms with Crippen molar-refractivity contribution >= 4 is 49.8 Å². The third-order valence-electron chi connectivity index (χ3n) is 6.52. The Labute approximate surface area is 221 Å². The molecule has 0 bridgehead atoms. The van der Waals surface area contributed by atoms with Gasteiger partial charge in [-0.15, -0.1) is 11.8 Å². The highest BCUT2D eigenvalue weighted by atomic mass is 32.2. The molecule has 0 saturated heterocycles. The van der Waals surface area contributed by atoms with Crippen LogP contribution in [0.4, 0.5) is 11.4 Å². The van der Waals surface area contributed by atoms with Gasteiger partial charge < -0.3 is 10.1 Å². The Morgan fingerprint density at radius 2 is 1.65 bits per heavy atom.